The van der Waals surface area contributed by atoms with Gasteiger partial charge in [0.05, 0.1) is 21.6 Å². The highest BCUT2D eigenvalue weighted by atomic mass is 32.1. The van der Waals surface area contributed by atoms with E-state index in [9.17, 15) is 4.39 Å². The summed E-state index contributed by atoms with van der Waals surface area (Å²) in [5, 5.41) is 1.00. The van der Waals surface area contributed by atoms with Gasteiger partial charge >= 0.3 is 0 Å². The topological polar surface area (TPSA) is 50.9 Å². The Morgan fingerprint density at radius 1 is 1.33 bits per heavy atom. The number of aryl methyl sites for hydroxylation is 3. The zero-order chi connectivity index (χ0) is 13.3. The first-order valence-corrected chi connectivity index (χ1v) is 6.50. The van der Waals surface area contributed by atoms with Crippen LogP contribution in [0.4, 0.5) is 4.39 Å². The van der Waals surface area contributed by atoms with E-state index in [1.54, 1.807) is 17.4 Å². The monoisotopic (exact) mass is 265 g/mol. The maximum atomic E-state index is 13.1. The third-order valence-corrected chi connectivity index (χ3v) is 4.05. The number of nitrogens with zero attached hydrogens (tertiary/aromatic N) is 1. The predicted octanol–water partition coefficient (Wildman–Crippen LogP) is 2.76. The van der Waals surface area contributed by atoms with Crippen LogP contribution < -0.4 is 11.3 Å². The van der Waals surface area contributed by atoms with Crippen molar-refractivity contribution in [3.05, 3.63) is 50.7 Å². The molecule has 0 fully saturated rings. The van der Waals surface area contributed by atoms with Gasteiger partial charge in [-0.2, -0.15) is 0 Å². The van der Waals surface area contributed by atoms with E-state index >= 15 is 0 Å². The second-order valence-electron chi connectivity index (χ2n) is 4.28. The van der Waals surface area contributed by atoms with Crippen molar-refractivity contribution >= 4 is 11.3 Å². The minimum atomic E-state index is -0.232. The largest absolute Gasteiger partial charge is 0.271 e. The van der Waals surface area contributed by atoms with Crippen LogP contribution in [0.5, 0.6) is 0 Å². The fourth-order valence-corrected chi connectivity index (χ4v) is 3.09. The molecule has 0 saturated carbocycles. The third-order valence-electron chi connectivity index (χ3n) is 2.91. The van der Waals surface area contributed by atoms with E-state index in [0.29, 0.717) is 0 Å². The normalized spacial score (nSPS) is 12.7. The fraction of sp³-hybridized carbons (Fsp3) is 0.308. The molecule has 0 aliphatic rings. The molecule has 3 N–H and O–H groups in total. The van der Waals surface area contributed by atoms with E-state index in [2.05, 4.69) is 10.4 Å². The number of halogens is 1. The van der Waals surface area contributed by atoms with Crippen LogP contribution in [0.25, 0.3) is 0 Å². The molecule has 0 amide bonds. The Labute approximate surface area is 110 Å². The first-order chi connectivity index (χ1) is 8.52. The van der Waals surface area contributed by atoms with Crippen LogP contribution in [0.15, 0.2) is 18.2 Å². The number of benzene rings is 1. The summed E-state index contributed by atoms with van der Waals surface area (Å²) in [7, 11) is 0. The molecule has 0 aliphatic heterocycles. The van der Waals surface area contributed by atoms with Gasteiger partial charge in [-0.25, -0.2) is 14.8 Å². The van der Waals surface area contributed by atoms with Gasteiger partial charge in [0.2, 0.25) is 0 Å². The Kier molecular flexibility index (Phi) is 3.75. The summed E-state index contributed by atoms with van der Waals surface area (Å²) >= 11 is 1.61. The minimum absolute atomic E-state index is 0.142. The summed E-state index contributed by atoms with van der Waals surface area (Å²) in [6.45, 7) is 5.81. The minimum Gasteiger partial charge on any atom is -0.271 e. The Morgan fingerprint density at radius 3 is 2.56 bits per heavy atom. The number of nitrogens with one attached hydrogen (secondary N) is 1. The molecule has 0 spiro atoms. The lowest BCUT2D eigenvalue weighted by Gasteiger charge is -2.17. The lowest BCUT2D eigenvalue weighted by atomic mass is 10.00. The highest BCUT2D eigenvalue weighted by Crippen LogP contribution is 2.31. The number of hydrazine groups is 1. The van der Waals surface area contributed by atoms with Gasteiger partial charge in [0, 0.05) is 0 Å². The van der Waals surface area contributed by atoms with Gasteiger partial charge in [0.1, 0.15) is 5.82 Å². The number of aromatic nitrogens is 1. The van der Waals surface area contributed by atoms with Crippen LogP contribution in [0.1, 0.15) is 32.7 Å². The predicted molar refractivity (Wildman–Crippen MR) is 71.9 cm³/mol. The number of nitrogens with two attached hydrogens (primary N) is 1. The van der Waals surface area contributed by atoms with E-state index in [1.165, 1.54) is 12.1 Å². The van der Waals surface area contributed by atoms with Crippen LogP contribution in [-0.4, -0.2) is 4.98 Å². The summed E-state index contributed by atoms with van der Waals surface area (Å²) in [6.07, 6.45) is 0. The average Bonchev–Trinajstić information content (AvgIpc) is 2.62. The lowest BCUT2D eigenvalue weighted by molar-refractivity contribution is 0.614. The zero-order valence-corrected chi connectivity index (χ0v) is 11.4. The standard InChI is InChI=1S/C13H16FN3S/c1-7-6-10(14)4-5-11(7)12(17-15)13-8(2)16-9(3)18-13/h4-6,12,17H,15H2,1-3H3. The maximum absolute atomic E-state index is 13.1. The quantitative estimate of drug-likeness (QED) is 0.663. The van der Waals surface area contributed by atoms with Crippen LogP contribution in [0.3, 0.4) is 0 Å². The number of rotatable bonds is 3. The van der Waals surface area contributed by atoms with Crippen LogP contribution >= 0.6 is 11.3 Å². The zero-order valence-electron chi connectivity index (χ0n) is 10.6. The molecular weight excluding hydrogens is 249 g/mol. The summed E-state index contributed by atoms with van der Waals surface area (Å²) < 4.78 is 13.1. The van der Waals surface area contributed by atoms with Crippen molar-refractivity contribution in [3.8, 4) is 0 Å². The van der Waals surface area contributed by atoms with Gasteiger partial charge in [0.25, 0.3) is 0 Å². The molecular formula is C13H16FN3S. The van der Waals surface area contributed by atoms with Crippen molar-refractivity contribution in [3.63, 3.8) is 0 Å². The molecule has 96 valence electrons. The molecule has 18 heavy (non-hydrogen) atoms. The highest BCUT2D eigenvalue weighted by Gasteiger charge is 2.20. The highest BCUT2D eigenvalue weighted by molar-refractivity contribution is 7.11. The van der Waals surface area contributed by atoms with Crippen LogP contribution in [0, 0.1) is 26.6 Å². The molecule has 1 aromatic heterocycles. The first-order valence-electron chi connectivity index (χ1n) is 5.69. The SMILES string of the molecule is Cc1nc(C)c(C(NN)c2ccc(F)cc2C)s1. The van der Waals surface area contributed by atoms with Crippen molar-refractivity contribution < 1.29 is 4.39 Å². The molecule has 0 saturated heterocycles. The molecule has 0 bridgehead atoms. The first kappa shape index (κ1) is 13.1. The van der Waals surface area contributed by atoms with Crippen molar-refractivity contribution in [1.82, 2.24) is 10.4 Å². The smallest absolute Gasteiger partial charge is 0.123 e. The van der Waals surface area contributed by atoms with Crippen molar-refractivity contribution in [2.75, 3.05) is 0 Å². The average molecular weight is 265 g/mol. The van der Waals surface area contributed by atoms with Crippen molar-refractivity contribution in [2.24, 2.45) is 5.84 Å². The molecule has 2 aromatic rings. The van der Waals surface area contributed by atoms with E-state index in [4.69, 9.17) is 5.84 Å². The Hall–Kier alpha value is -1.30. The third kappa shape index (κ3) is 2.43. The van der Waals surface area contributed by atoms with Gasteiger partial charge in [-0.1, -0.05) is 6.07 Å². The summed E-state index contributed by atoms with van der Waals surface area (Å²) in [6, 6.07) is 4.60. The second-order valence-corrected chi connectivity index (χ2v) is 5.52. The van der Waals surface area contributed by atoms with E-state index < -0.39 is 0 Å². The summed E-state index contributed by atoms with van der Waals surface area (Å²) in [5.41, 5.74) is 5.61. The molecule has 0 aliphatic carbocycles. The summed E-state index contributed by atoms with van der Waals surface area (Å²) in [5.74, 6) is 5.42. The molecule has 3 nitrogen and oxygen atoms in total. The lowest BCUT2D eigenvalue weighted by Crippen LogP contribution is -2.29. The van der Waals surface area contributed by atoms with Gasteiger partial charge in [-0.05, 0) is 44.0 Å². The van der Waals surface area contributed by atoms with E-state index in [0.717, 1.165) is 26.7 Å². The Balaban J connectivity index is 2.48. The molecule has 1 atom stereocenters. The molecule has 1 heterocycles. The molecule has 5 heteroatoms. The molecule has 1 aromatic carbocycles. The number of hydrogen-bond donors (Lipinski definition) is 2. The van der Waals surface area contributed by atoms with Gasteiger partial charge in [0.15, 0.2) is 0 Å². The molecule has 0 radical (unpaired) electrons. The number of hydrogen-bond acceptors (Lipinski definition) is 4. The van der Waals surface area contributed by atoms with E-state index in [-0.39, 0.29) is 11.9 Å². The van der Waals surface area contributed by atoms with Crippen molar-refractivity contribution in [1.29, 1.82) is 0 Å². The van der Waals surface area contributed by atoms with E-state index in [1.807, 2.05) is 20.8 Å². The molecule has 2 rings (SSSR count). The second kappa shape index (κ2) is 5.14. The van der Waals surface area contributed by atoms with Crippen LogP contribution in [-0.2, 0) is 0 Å². The Bertz CT molecular complexity index is 565. The molecule has 1 unspecified atom stereocenters. The van der Waals surface area contributed by atoms with Crippen LogP contribution in [0.2, 0.25) is 0 Å². The Morgan fingerprint density at radius 2 is 2.06 bits per heavy atom. The van der Waals surface area contributed by atoms with Gasteiger partial charge in [-0.15, -0.1) is 11.3 Å². The summed E-state index contributed by atoms with van der Waals surface area (Å²) in [4.78, 5) is 5.48. The van der Waals surface area contributed by atoms with Crippen molar-refractivity contribution in [2.45, 2.75) is 26.8 Å². The number of thiazole rings is 1. The van der Waals surface area contributed by atoms with Gasteiger partial charge in [-0.3, -0.25) is 5.84 Å². The van der Waals surface area contributed by atoms with Gasteiger partial charge < -0.3 is 0 Å². The fourth-order valence-electron chi connectivity index (χ4n) is 2.08. The maximum Gasteiger partial charge on any atom is 0.123 e.